The number of aromatic amines is 1. The fraction of sp³-hybridized carbons (Fsp3) is 0.476. The van der Waals surface area contributed by atoms with Crippen LogP contribution in [0.25, 0.3) is 11.5 Å². The fourth-order valence-electron chi connectivity index (χ4n) is 4.42. The first-order chi connectivity index (χ1) is 13.7. The normalized spacial score (nSPS) is 20.3. The molecule has 0 unspecified atom stereocenters. The first-order valence-corrected chi connectivity index (χ1v) is 10.0. The van der Waals surface area contributed by atoms with Gasteiger partial charge in [0.25, 0.3) is 5.91 Å². The van der Waals surface area contributed by atoms with Gasteiger partial charge in [-0.05, 0) is 50.2 Å². The fourth-order valence-corrected chi connectivity index (χ4v) is 4.42. The second-order valence-electron chi connectivity index (χ2n) is 8.03. The number of piperidine rings is 1. The number of H-pyrrole nitrogens is 1. The van der Waals surface area contributed by atoms with Crippen LogP contribution in [0.3, 0.4) is 0 Å². The van der Waals surface area contributed by atoms with E-state index in [0.29, 0.717) is 42.1 Å². The molecule has 0 aromatic carbocycles. The predicted octanol–water partition coefficient (Wildman–Crippen LogP) is 3.80. The zero-order chi connectivity index (χ0) is 19.1. The molecule has 2 aliphatic rings. The van der Waals surface area contributed by atoms with E-state index in [4.69, 9.17) is 8.94 Å². The van der Waals surface area contributed by atoms with Crippen LogP contribution in [0.4, 0.5) is 0 Å². The summed E-state index contributed by atoms with van der Waals surface area (Å²) in [6.45, 7) is 3.71. The lowest BCUT2D eigenvalue weighted by Crippen LogP contribution is -2.38. The van der Waals surface area contributed by atoms with Gasteiger partial charge in [-0.15, -0.1) is 0 Å². The second kappa shape index (κ2) is 6.96. The van der Waals surface area contributed by atoms with Crippen LogP contribution in [0.2, 0.25) is 0 Å². The summed E-state index contributed by atoms with van der Waals surface area (Å²) in [4.78, 5) is 14.7. The number of nitrogens with zero attached hydrogens (tertiary/aromatic N) is 3. The highest BCUT2D eigenvalue weighted by molar-refractivity contribution is 5.93. The highest BCUT2D eigenvalue weighted by Crippen LogP contribution is 2.36. The number of amides is 1. The number of aryl methyl sites for hydroxylation is 1. The van der Waals surface area contributed by atoms with Crippen molar-refractivity contribution in [3.8, 4) is 11.5 Å². The van der Waals surface area contributed by atoms with Crippen molar-refractivity contribution in [2.45, 2.75) is 44.9 Å². The maximum Gasteiger partial charge on any atom is 0.274 e. The van der Waals surface area contributed by atoms with Crippen LogP contribution < -0.4 is 0 Å². The summed E-state index contributed by atoms with van der Waals surface area (Å²) >= 11 is 0. The van der Waals surface area contributed by atoms with Gasteiger partial charge in [-0.3, -0.25) is 9.89 Å². The van der Waals surface area contributed by atoms with Gasteiger partial charge in [0.05, 0.1) is 12.0 Å². The molecule has 4 heterocycles. The van der Waals surface area contributed by atoms with Crippen LogP contribution in [-0.4, -0.2) is 39.3 Å². The molecule has 1 aliphatic carbocycles. The molecule has 1 atom stereocenters. The summed E-state index contributed by atoms with van der Waals surface area (Å²) in [5.41, 5.74) is 3.62. The van der Waals surface area contributed by atoms with Crippen LogP contribution >= 0.6 is 0 Å². The third kappa shape index (κ3) is 3.04. The standard InChI is InChI=1S/C21H24N4O3/c1-13-4-5-16-15(11-13)20(28-24-16)14-6-8-25(9-7-14)21(26)18-12-17(22-23-18)19-3-2-10-27-19/h2-3,10,12-14H,4-9,11H2,1H3,(H,22,23)/t13-/m0/s1. The van der Waals surface area contributed by atoms with Crippen LogP contribution in [0.1, 0.15) is 59.6 Å². The van der Waals surface area contributed by atoms with E-state index in [1.165, 1.54) is 12.0 Å². The Morgan fingerprint density at radius 3 is 2.93 bits per heavy atom. The van der Waals surface area contributed by atoms with Crippen molar-refractivity contribution in [2.24, 2.45) is 5.92 Å². The number of fused-ring (bicyclic) bond motifs is 1. The van der Waals surface area contributed by atoms with Gasteiger partial charge in [-0.25, -0.2) is 0 Å². The first kappa shape index (κ1) is 17.3. The van der Waals surface area contributed by atoms with E-state index in [-0.39, 0.29) is 5.91 Å². The molecule has 1 saturated heterocycles. The summed E-state index contributed by atoms with van der Waals surface area (Å²) in [6, 6.07) is 5.40. The summed E-state index contributed by atoms with van der Waals surface area (Å²) in [6.07, 6.45) is 6.68. The molecule has 3 aromatic heterocycles. The first-order valence-electron chi connectivity index (χ1n) is 10.0. The smallest absolute Gasteiger partial charge is 0.274 e. The number of furan rings is 1. The Morgan fingerprint density at radius 1 is 1.29 bits per heavy atom. The number of hydrogen-bond donors (Lipinski definition) is 1. The topological polar surface area (TPSA) is 88.2 Å². The maximum atomic E-state index is 12.8. The van der Waals surface area contributed by atoms with Crippen molar-refractivity contribution in [1.29, 1.82) is 0 Å². The van der Waals surface area contributed by atoms with E-state index in [1.54, 1.807) is 12.3 Å². The number of rotatable bonds is 3. The SMILES string of the molecule is C[C@H]1CCc2noc(C3CCN(C(=O)c4cc(-c5ccco5)[nH]n4)CC3)c2C1. The van der Waals surface area contributed by atoms with Gasteiger partial charge in [-0.2, -0.15) is 5.10 Å². The molecule has 1 aliphatic heterocycles. The van der Waals surface area contributed by atoms with E-state index >= 15 is 0 Å². The van der Waals surface area contributed by atoms with E-state index in [9.17, 15) is 4.79 Å². The predicted molar refractivity (Wildman–Crippen MR) is 102 cm³/mol. The number of carbonyl (C=O) groups excluding carboxylic acids is 1. The zero-order valence-electron chi connectivity index (χ0n) is 16.0. The summed E-state index contributed by atoms with van der Waals surface area (Å²) in [7, 11) is 0. The lowest BCUT2D eigenvalue weighted by atomic mass is 9.83. The number of carbonyl (C=O) groups is 1. The van der Waals surface area contributed by atoms with E-state index in [1.807, 2.05) is 17.0 Å². The van der Waals surface area contributed by atoms with Gasteiger partial charge in [0.2, 0.25) is 0 Å². The number of aromatic nitrogens is 3. The minimum atomic E-state index is -0.0410. The van der Waals surface area contributed by atoms with Crippen molar-refractivity contribution in [1.82, 2.24) is 20.3 Å². The van der Waals surface area contributed by atoms with Crippen molar-refractivity contribution in [2.75, 3.05) is 13.1 Å². The van der Waals surface area contributed by atoms with Gasteiger partial charge < -0.3 is 13.8 Å². The molecule has 3 aromatic rings. The molecule has 1 amide bonds. The Morgan fingerprint density at radius 2 is 2.14 bits per heavy atom. The van der Waals surface area contributed by atoms with Crippen molar-refractivity contribution >= 4 is 5.91 Å². The van der Waals surface area contributed by atoms with Crippen molar-refractivity contribution < 1.29 is 13.7 Å². The van der Waals surface area contributed by atoms with Crippen LogP contribution in [0.5, 0.6) is 0 Å². The summed E-state index contributed by atoms with van der Waals surface area (Å²) in [5.74, 6) is 2.74. The van der Waals surface area contributed by atoms with Crippen molar-refractivity contribution in [3.05, 3.63) is 47.2 Å². The number of likely N-dealkylation sites (tertiary alicyclic amines) is 1. The molecule has 28 heavy (non-hydrogen) atoms. The Kier molecular flexibility index (Phi) is 4.30. The van der Waals surface area contributed by atoms with Crippen LogP contribution in [0, 0.1) is 5.92 Å². The van der Waals surface area contributed by atoms with Gasteiger partial charge in [0, 0.05) is 30.6 Å². The Hall–Kier alpha value is -2.83. The Labute approximate surface area is 163 Å². The molecule has 0 radical (unpaired) electrons. The monoisotopic (exact) mass is 380 g/mol. The third-order valence-electron chi connectivity index (χ3n) is 6.06. The minimum absolute atomic E-state index is 0.0410. The average Bonchev–Trinajstić information content (AvgIpc) is 3.46. The molecule has 0 spiro atoms. The Bertz CT molecular complexity index is 964. The largest absolute Gasteiger partial charge is 0.463 e. The summed E-state index contributed by atoms with van der Waals surface area (Å²) in [5, 5.41) is 11.4. The maximum absolute atomic E-state index is 12.8. The Balaban J connectivity index is 1.25. The van der Waals surface area contributed by atoms with E-state index in [2.05, 4.69) is 22.3 Å². The number of nitrogens with one attached hydrogen (secondary N) is 1. The van der Waals surface area contributed by atoms with Gasteiger partial charge >= 0.3 is 0 Å². The molecule has 146 valence electrons. The molecular weight excluding hydrogens is 356 g/mol. The lowest BCUT2D eigenvalue weighted by Gasteiger charge is -2.31. The van der Waals surface area contributed by atoms with Gasteiger partial charge in [-0.1, -0.05) is 12.1 Å². The minimum Gasteiger partial charge on any atom is -0.463 e. The van der Waals surface area contributed by atoms with E-state index in [0.717, 1.165) is 37.1 Å². The van der Waals surface area contributed by atoms with Crippen molar-refractivity contribution in [3.63, 3.8) is 0 Å². The lowest BCUT2D eigenvalue weighted by molar-refractivity contribution is 0.0700. The van der Waals surface area contributed by atoms with E-state index < -0.39 is 0 Å². The average molecular weight is 380 g/mol. The molecule has 5 rings (SSSR count). The molecule has 7 heteroatoms. The van der Waals surface area contributed by atoms with Crippen LogP contribution in [-0.2, 0) is 12.8 Å². The van der Waals surface area contributed by atoms with Gasteiger partial charge in [0.15, 0.2) is 11.5 Å². The molecule has 0 bridgehead atoms. The quantitative estimate of drug-likeness (QED) is 0.747. The second-order valence-corrected chi connectivity index (χ2v) is 8.03. The molecule has 0 saturated carbocycles. The molecule has 1 fully saturated rings. The third-order valence-corrected chi connectivity index (χ3v) is 6.06. The van der Waals surface area contributed by atoms with Crippen LogP contribution in [0.15, 0.2) is 33.4 Å². The molecular formula is C21H24N4O3. The zero-order valence-corrected chi connectivity index (χ0v) is 16.0. The molecule has 7 nitrogen and oxygen atoms in total. The highest BCUT2D eigenvalue weighted by atomic mass is 16.5. The summed E-state index contributed by atoms with van der Waals surface area (Å²) < 4.78 is 11.1. The molecule has 1 N–H and O–H groups in total. The van der Waals surface area contributed by atoms with Gasteiger partial charge in [0.1, 0.15) is 11.5 Å². The highest BCUT2D eigenvalue weighted by Gasteiger charge is 2.32. The number of hydrogen-bond acceptors (Lipinski definition) is 5.